The molecule has 23 heteroatoms. The van der Waals surface area contributed by atoms with E-state index in [0.717, 1.165) is 0 Å². The first-order valence-electron chi connectivity index (χ1n) is 21.5. The maximum atomic E-state index is 12.6. The zero-order valence-corrected chi connectivity index (χ0v) is 38.6. The molecule has 0 rings (SSSR count). The first kappa shape index (κ1) is 59.5. The van der Waals surface area contributed by atoms with Crippen molar-refractivity contribution in [2.24, 2.45) is 0 Å². The SMILES string of the molecule is CC(C)(C)OC(=O)NCCOCCN(CCOCCO)CC(=O)NCCOCCN(CCOCCNC(=O)CN(CCOCCO)CCOCCNC(=O)OC(C)(C)C)CC(=O)O. The number of amides is 4. The van der Waals surface area contributed by atoms with Crippen LogP contribution >= 0.6 is 0 Å². The van der Waals surface area contributed by atoms with Crippen molar-refractivity contribution in [3.63, 3.8) is 0 Å². The number of nitrogens with one attached hydrogen (secondary N) is 4. The Labute approximate surface area is 373 Å². The molecule has 0 bridgehead atoms. The van der Waals surface area contributed by atoms with Crippen LogP contribution in [0.25, 0.3) is 0 Å². The molecule has 0 aromatic rings. The number of rotatable bonds is 40. The number of hydrogen-bond donors (Lipinski definition) is 7. The number of aliphatic hydroxyl groups is 2. The standard InChI is InChI=1S/C40H79N7O16/c1-39(2,3)62-37(54)43-9-21-58-23-11-45(13-27-60-29-17-48)31-34(50)41-7-19-56-25-15-47(33-36(52)53)16-26-57-20-8-42-35(51)32-46(14-28-61-30-18-49)12-24-59-22-10-44-38(55)63-40(4,5)6/h48-49H,7-33H2,1-6H3,(H,41,50)(H,42,51)(H,43,54)(H,44,55)(H,52,53). The van der Waals surface area contributed by atoms with Gasteiger partial charge in [0.05, 0.1) is 112 Å². The van der Waals surface area contributed by atoms with Crippen molar-refractivity contribution in [2.75, 3.05) is 178 Å². The van der Waals surface area contributed by atoms with Gasteiger partial charge in [0, 0.05) is 65.4 Å². The highest BCUT2D eigenvalue weighted by Crippen LogP contribution is 2.07. The molecule has 0 spiro atoms. The van der Waals surface area contributed by atoms with E-state index in [0.29, 0.717) is 65.7 Å². The Hall–Kier alpha value is -3.49. The van der Waals surface area contributed by atoms with Crippen LogP contribution in [0.5, 0.6) is 0 Å². The summed E-state index contributed by atoms with van der Waals surface area (Å²) in [5.41, 5.74) is -1.19. The molecule has 370 valence electrons. The van der Waals surface area contributed by atoms with E-state index in [1.807, 2.05) is 9.80 Å². The molecule has 63 heavy (non-hydrogen) atoms. The van der Waals surface area contributed by atoms with Gasteiger partial charge in [-0.2, -0.15) is 0 Å². The molecule has 0 aliphatic heterocycles. The van der Waals surface area contributed by atoms with Crippen LogP contribution in [0.4, 0.5) is 9.59 Å². The number of aliphatic hydroxyl groups excluding tert-OH is 2. The van der Waals surface area contributed by atoms with Crippen molar-refractivity contribution >= 4 is 30.0 Å². The maximum absolute atomic E-state index is 12.6. The fraction of sp³-hybridized carbons (Fsp3) is 0.875. The minimum absolute atomic E-state index is 0.0761. The number of aliphatic carboxylic acids is 1. The van der Waals surface area contributed by atoms with Crippen molar-refractivity contribution in [1.82, 2.24) is 36.0 Å². The predicted molar refractivity (Wildman–Crippen MR) is 231 cm³/mol. The lowest BCUT2D eigenvalue weighted by molar-refractivity contribution is -0.138. The van der Waals surface area contributed by atoms with Crippen molar-refractivity contribution in [2.45, 2.75) is 52.7 Å². The molecular weight excluding hydrogens is 834 g/mol. The molecule has 7 N–H and O–H groups in total. The Kier molecular flexibility index (Phi) is 35.7. The molecule has 0 heterocycles. The fourth-order valence-electron chi connectivity index (χ4n) is 5.03. The number of hydrogen-bond acceptors (Lipinski definition) is 18. The van der Waals surface area contributed by atoms with E-state index in [9.17, 15) is 29.1 Å². The fourth-order valence-corrected chi connectivity index (χ4v) is 5.03. The lowest BCUT2D eigenvalue weighted by atomic mass is 10.2. The van der Waals surface area contributed by atoms with E-state index in [1.54, 1.807) is 46.4 Å². The van der Waals surface area contributed by atoms with Crippen molar-refractivity contribution < 1.29 is 77.2 Å². The summed E-state index contributed by atoms with van der Waals surface area (Å²) in [7, 11) is 0. The van der Waals surface area contributed by atoms with Crippen LogP contribution in [0, 0.1) is 0 Å². The summed E-state index contributed by atoms with van der Waals surface area (Å²) in [5, 5.41) is 38.2. The second-order valence-corrected chi connectivity index (χ2v) is 15.9. The third-order valence-electron chi connectivity index (χ3n) is 7.84. The lowest BCUT2D eigenvalue weighted by Gasteiger charge is -2.22. The van der Waals surface area contributed by atoms with E-state index in [1.165, 1.54) is 0 Å². The number of carbonyl (C=O) groups excluding carboxylic acids is 4. The summed E-state index contributed by atoms with van der Waals surface area (Å²) < 4.78 is 43.5. The summed E-state index contributed by atoms with van der Waals surface area (Å²) in [5.74, 6) is -1.47. The van der Waals surface area contributed by atoms with Crippen LogP contribution in [-0.2, 0) is 52.3 Å². The van der Waals surface area contributed by atoms with Gasteiger partial charge in [0.15, 0.2) is 0 Å². The monoisotopic (exact) mass is 914 g/mol. The highest BCUT2D eigenvalue weighted by atomic mass is 16.6. The summed E-state index contributed by atoms with van der Waals surface area (Å²) in [6, 6.07) is 0. The highest BCUT2D eigenvalue weighted by molar-refractivity contribution is 5.78. The molecule has 0 unspecified atom stereocenters. The number of nitrogens with zero attached hydrogens (tertiary/aromatic N) is 3. The van der Waals surface area contributed by atoms with Gasteiger partial charge in [-0.3, -0.25) is 29.1 Å². The molecule has 0 aliphatic carbocycles. The van der Waals surface area contributed by atoms with Gasteiger partial charge in [-0.05, 0) is 41.5 Å². The van der Waals surface area contributed by atoms with Crippen LogP contribution < -0.4 is 21.3 Å². The number of alkyl carbamates (subject to hydrolysis) is 2. The van der Waals surface area contributed by atoms with Crippen molar-refractivity contribution in [1.29, 1.82) is 0 Å². The van der Waals surface area contributed by atoms with E-state index in [-0.39, 0.29) is 124 Å². The van der Waals surface area contributed by atoms with Gasteiger partial charge in [-0.25, -0.2) is 9.59 Å². The van der Waals surface area contributed by atoms with Gasteiger partial charge in [-0.15, -0.1) is 0 Å². The number of carboxylic acids is 1. The van der Waals surface area contributed by atoms with Crippen LogP contribution in [-0.4, -0.2) is 249 Å². The van der Waals surface area contributed by atoms with Crippen molar-refractivity contribution in [3.8, 4) is 0 Å². The Morgan fingerprint density at radius 1 is 0.413 bits per heavy atom. The number of carbonyl (C=O) groups is 5. The zero-order valence-electron chi connectivity index (χ0n) is 38.6. The summed E-state index contributed by atoms with van der Waals surface area (Å²) in [6.07, 6.45) is -1.06. The third-order valence-corrected chi connectivity index (χ3v) is 7.84. The normalized spacial score (nSPS) is 11.9. The Morgan fingerprint density at radius 3 is 0.952 bits per heavy atom. The first-order valence-corrected chi connectivity index (χ1v) is 21.5. The molecule has 0 aromatic carbocycles. The smallest absolute Gasteiger partial charge is 0.407 e. The summed E-state index contributed by atoms with van der Waals surface area (Å²) in [4.78, 5) is 65.6. The molecule has 0 saturated heterocycles. The zero-order chi connectivity index (χ0) is 47.2. The molecule has 0 aliphatic rings. The summed E-state index contributed by atoms with van der Waals surface area (Å²) >= 11 is 0. The van der Waals surface area contributed by atoms with Gasteiger partial charge in [0.1, 0.15) is 11.2 Å². The molecule has 23 nitrogen and oxygen atoms in total. The molecular formula is C40H79N7O16. The van der Waals surface area contributed by atoms with Gasteiger partial charge >= 0.3 is 18.2 Å². The Balaban J connectivity index is 4.45. The van der Waals surface area contributed by atoms with Crippen LogP contribution in [0.3, 0.4) is 0 Å². The molecule has 4 amide bonds. The summed E-state index contributed by atoms with van der Waals surface area (Å²) in [6.45, 7) is 16.8. The maximum Gasteiger partial charge on any atom is 0.407 e. The Bertz CT molecular complexity index is 1130. The minimum Gasteiger partial charge on any atom is -0.480 e. The van der Waals surface area contributed by atoms with Crippen LogP contribution in [0.1, 0.15) is 41.5 Å². The van der Waals surface area contributed by atoms with E-state index >= 15 is 0 Å². The van der Waals surface area contributed by atoms with Gasteiger partial charge in [-0.1, -0.05) is 0 Å². The average molecular weight is 914 g/mol. The molecule has 0 fully saturated rings. The molecule has 0 aromatic heterocycles. The van der Waals surface area contributed by atoms with Crippen molar-refractivity contribution in [3.05, 3.63) is 0 Å². The third kappa shape index (κ3) is 42.2. The van der Waals surface area contributed by atoms with E-state index in [4.69, 9.17) is 48.1 Å². The Morgan fingerprint density at radius 2 is 0.683 bits per heavy atom. The predicted octanol–water partition coefficient (Wildman–Crippen LogP) is -1.66. The van der Waals surface area contributed by atoms with E-state index < -0.39 is 29.4 Å². The minimum atomic E-state index is -1.00. The lowest BCUT2D eigenvalue weighted by Crippen LogP contribution is -2.42. The van der Waals surface area contributed by atoms with Gasteiger partial charge in [0.25, 0.3) is 0 Å². The average Bonchev–Trinajstić information content (AvgIpc) is 3.18. The highest BCUT2D eigenvalue weighted by Gasteiger charge is 2.17. The topological polar surface area (TPSA) is 278 Å². The number of carboxylic acid groups (broad SMARTS) is 1. The molecule has 0 atom stereocenters. The largest absolute Gasteiger partial charge is 0.480 e. The quantitative estimate of drug-likeness (QED) is 0.0339. The van der Waals surface area contributed by atoms with E-state index in [2.05, 4.69) is 21.3 Å². The van der Waals surface area contributed by atoms with Crippen LogP contribution in [0.2, 0.25) is 0 Å². The van der Waals surface area contributed by atoms with Crippen LogP contribution in [0.15, 0.2) is 0 Å². The molecule has 0 saturated carbocycles. The second kappa shape index (κ2) is 37.8. The van der Waals surface area contributed by atoms with Gasteiger partial charge in [0.2, 0.25) is 11.8 Å². The number of ether oxygens (including phenoxy) is 8. The van der Waals surface area contributed by atoms with Gasteiger partial charge < -0.3 is 74.5 Å². The second-order valence-electron chi connectivity index (χ2n) is 15.9. The molecule has 0 radical (unpaired) electrons. The first-order chi connectivity index (χ1) is 29.9.